The Morgan fingerprint density at radius 1 is 1.30 bits per heavy atom. The van der Waals surface area contributed by atoms with Gasteiger partial charge in [-0.1, -0.05) is 0 Å². The fourth-order valence-electron chi connectivity index (χ4n) is 2.61. The molecule has 2 amide bonds. The van der Waals surface area contributed by atoms with Crippen molar-refractivity contribution in [1.82, 2.24) is 10.2 Å². The molecule has 0 saturated carbocycles. The average Bonchev–Trinajstić information content (AvgIpc) is 3.01. The van der Waals surface area contributed by atoms with Gasteiger partial charge in [-0.25, -0.2) is 4.79 Å². The standard InChI is InChI=1S/C14H26N4O5/c15-6-2-1-4-10(14(22)23)17-12(20)11-5-3-7-18(11)13(21)9(16)8-19/h9-11,19H,1-8,15-16H2,(H,17,20)(H,22,23)/t9-,10-,11-/m0/s1. The van der Waals surface area contributed by atoms with Crippen LogP contribution >= 0.6 is 0 Å². The molecule has 0 spiro atoms. The third kappa shape index (κ3) is 5.45. The fraction of sp³-hybridized carbons (Fsp3) is 0.786. The number of carboxylic acid groups (broad SMARTS) is 1. The molecule has 0 aromatic carbocycles. The highest BCUT2D eigenvalue weighted by atomic mass is 16.4. The van der Waals surface area contributed by atoms with Crippen LogP contribution in [0.3, 0.4) is 0 Å². The zero-order chi connectivity index (χ0) is 17.4. The minimum Gasteiger partial charge on any atom is -0.480 e. The lowest BCUT2D eigenvalue weighted by Gasteiger charge is -2.27. The van der Waals surface area contributed by atoms with E-state index in [0.29, 0.717) is 38.8 Å². The van der Waals surface area contributed by atoms with Crippen molar-refractivity contribution in [2.75, 3.05) is 19.7 Å². The number of rotatable bonds is 9. The third-order valence-electron chi connectivity index (χ3n) is 3.91. The highest BCUT2D eigenvalue weighted by Gasteiger charge is 2.37. The molecule has 1 fully saturated rings. The number of aliphatic hydroxyl groups excluding tert-OH is 1. The average molecular weight is 330 g/mol. The first-order valence-corrected chi connectivity index (χ1v) is 7.82. The number of nitrogens with one attached hydrogen (secondary N) is 1. The summed E-state index contributed by atoms with van der Waals surface area (Å²) in [6.07, 6.45) is 2.64. The highest BCUT2D eigenvalue weighted by Crippen LogP contribution is 2.18. The number of amides is 2. The molecule has 23 heavy (non-hydrogen) atoms. The van der Waals surface area contributed by atoms with Gasteiger partial charge in [0.05, 0.1) is 6.61 Å². The van der Waals surface area contributed by atoms with E-state index < -0.39 is 42.5 Å². The van der Waals surface area contributed by atoms with E-state index in [1.165, 1.54) is 4.90 Å². The summed E-state index contributed by atoms with van der Waals surface area (Å²) in [5, 5.41) is 20.6. The molecule has 1 aliphatic rings. The van der Waals surface area contributed by atoms with Crippen molar-refractivity contribution in [2.45, 2.75) is 50.2 Å². The highest BCUT2D eigenvalue weighted by molar-refractivity contribution is 5.92. The molecule has 0 unspecified atom stereocenters. The molecule has 1 heterocycles. The Labute approximate surface area is 135 Å². The summed E-state index contributed by atoms with van der Waals surface area (Å²) < 4.78 is 0. The molecule has 0 radical (unpaired) electrons. The number of nitrogens with zero attached hydrogens (tertiary/aromatic N) is 1. The van der Waals surface area contributed by atoms with Crippen LogP contribution in [0.15, 0.2) is 0 Å². The fourth-order valence-corrected chi connectivity index (χ4v) is 2.61. The Kier molecular flexibility index (Phi) is 7.93. The van der Waals surface area contributed by atoms with Crippen LogP contribution in [0.5, 0.6) is 0 Å². The monoisotopic (exact) mass is 330 g/mol. The summed E-state index contributed by atoms with van der Waals surface area (Å²) in [6.45, 7) is 0.334. The lowest BCUT2D eigenvalue weighted by molar-refractivity contribution is -0.144. The molecule has 3 atom stereocenters. The van der Waals surface area contributed by atoms with E-state index in [0.717, 1.165) is 0 Å². The van der Waals surface area contributed by atoms with E-state index >= 15 is 0 Å². The summed E-state index contributed by atoms with van der Waals surface area (Å²) in [7, 11) is 0. The van der Waals surface area contributed by atoms with E-state index in [2.05, 4.69) is 5.32 Å². The van der Waals surface area contributed by atoms with Gasteiger partial charge in [-0.15, -0.1) is 0 Å². The topological polar surface area (TPSA) is 159 Å². The van der Waals surface area contributed by atoms with E-state index in [1.807, 2.05) is 0 Å². The maximum atomic E-state index is 12.3. The summed E-state index contributed by atoms with van der Waals surface area (Å²) in [6, 6.07) is -2.81. The van der Waals surface area contributed by atoms with Crippen LogP contribution in [0.2, 0.25) is 0 Å². The quantitative estimate of drug-likeness (QED) is 0.306. The summed E-state index contributed by atoms with van der Waals surface area (Å²) in [5.74, 6) is -2.11. The SMILES string of the molecule is NCCCC[C@H](NC(=O)[C@@H]1CCCN1C(=O)[C@@H](N)CO)C(=O)O. The lowest BCUT2D eigenvalue weighted by atomic mass is 10.1. The molecule has 0 aromatic heterocycles. The number of hydrogen-bond acceptors (Lipinski definition) is 6. The first-order chi connectivity index (χ1) is 10.9. The molecule has 7 N–H and O–H groups in total. The van der Waals surface area contributed by atoms with Crippen LogP contribution < -0.4 is 16.8 Å². The molecule has 9 heteroatoms. The van der Waals surface area contributed by atoms with Gasteiger partial charge >= 0.3 is 5.97 Å². The summed E-state index contributed by atoms with van der Waals surface area (Å²) in [4.78, 5) is 36.9. The molecule has 1 rings (SSSR count). The third-order valence-corrected chi connectivity index (χ3v) is 3.91. The van der Waals surface area contributed by atoms with E-state index in [4.69, 9.17) is 16.6 Å². The Bertz CT molecular complexity index is 431. The van der Waals surface area contributed by atoms with Crippen LogP contribution in [0, 0.1) is 0 Å². The smallest absolute Gasteiger partial charge is 0.326 e. The number of carbonyl (C=O) groups is 3. The van der Waals surface area contributed by atoms with Gasteiger partial charge in [-0.2, -0.15) is 0 Å². The van der Waals surface area contributed by atoms with Crippen molar-refractivity contribution in [2.24, 2.45) is 11.5 Å². The zero-order valence-electron chi connectivity index (χ0n) is 13.1. The zero-order valence-corrected chi connectivity index (χ0v) is 13.1. The molecule has 0 aromatic rings. The van der Waals surface area contributed by atoms with Crippen molar-refractivity contribution in [1.29, 1.82) is 0 Å². The maximum absolute atomic E-state index is 12.3. The first-order valence-electron chi connectivity index (χ1n) is 7.82. The largest absolute Gasteiger partial charge is 0.480 e. The minimum atomic E-state index is -1.11. The van der Waals surface area contributed by atoms with Crippen molar-refractivity contribution in [3.8, 4) is 0 Å². The van der Waals surface area contributed by atoms with Crippen LogP contribution in [-0.4, -0.2) is 70.7 Å². The van der Waals surface area contributed by atoms with Gasteiger partial charge < -0.3 is 31.9 Å². The van der Waals surface area contributed by atoms with Crippen molar-refractivity contribution in [3.63, 3.8) is 0 Å². The molecular formula is C14H26N4O5. The van der Waals surface area contributed by atoms with Gasteiger partial charge in [0.1, 0.15) is 18.1 Å². The van der Waals surface area contributed by atoms with Crippen LogP contribution in [0.1, 0.15) is 32.1 Å². The van der Waals surface area contributed by atoms with E-state index in [9.17, 15) is 19.5 Å². The van der Waals surface area contributed by atoms with Crippen molar-refractivity contribution in [3.05, 3.63) is 0 Å². The minimum absolute atomic E-state index is 0.287. The number of aliphatic carboxylic acids is 1. The molecule has 0 bridgehead atoms. The Morgan fingerprint density at radius 3 is 2.57 bits per heavy atom. The molecule has 0 aliphatic carbocycles. The molecule has 132 valence electrons. The predicted octanol–water partition coefficient (Wildman–Crippen LogP) is -2.00. The molecular weight excluding hydrogens is 304 g/mol. The number of hydrogen-bond donors (Lipinski definition) is 5. The summed E-state index contributed by atoms with van der Waals surface area (Å²) in [5.41, 5.74) is 10.9. The van der Waals surface area contributed by atoms with Gasteiger partial charge in [0.15, 0.2) is 0 Å². The van der Waals surface area contributed by atoms with Gasteiger partial charge in [0.2, 0.25) is 11.8 Å². The first kappa shape index (κ1) is 19.3. The number of nitrogens with two attached hydrogens (primary N) is 2. The Balaban J connectivity index is 2.66. The molecule has 1 aliphatic heterocycles. The second-order valence-electron chi connectivity index (χ2n) is 5.66. The van der Waals surface area contributed by atoms with Crippen LogP contribution in [-0.2, 0) is 14.4 Å². The number of unbranched alkanes of at least 4 members (excludes halogenated alkanes) is 1. The second-order valence-corrected chi connectivity index (χ2v) is 5.66. The lowest BCUT2D eigenvalue weighted by Crippen LogP contribution is -2.54. The van der Waals surface area contributed by atoms with E-state index in [1.54, 1.807) is 0 Å². The second kappa shape index (κ2) is 9.43. The number of carbonyl (C=O) groups excluding carboxylic acids is 2. The maximum Gasteiger partial charge on any atom is 0.326 e. The Morgan fingerprint density at radius 2 is 2.00 bits per heavy atom. The predicted molar refractivity (Wildman–Crippen MR) is 82.3 cm³/mol. The van der Waals surface area contributed by atoms with E-state index in [-0.39, 0.29) is 6.42 Å². The van der Waals surface area contributed by atoms with Gasteiger partial charge in [0.25, 0.3) is 0 Å². The van der Waals surface area contributed by atoms with Crippen molar-refractivity contribution >= 4 is 17.8 Å². The number of likely N-dealkylation sites (tertiary alicyclic amines) is 1. The Hall–Kier alpha value is -1.71. The van der Waals surface area contributed by atoms with Crippen LogP contribution in [0.4, 0.5) is 0 Å². The molecule has 9 nitrogen and oxygen atoms in total. The normalized spacial score (nSPS) is 20.1. The van der Waals surface area contributed by atoms with Gasteiger partial charge in [0, 0.05) is 6.54 Å². The summed E-state index contributed by atoms with van der Waals surface area (Å²) >= 11 is 0. The van der Waals surface area contributed by atoms with Gasteiger partial charge in [-0.3, -0.25) is 9.59 Å². The molecule has 1 saturated heterocycles. The number of aliphatic hydroxyl groups is 1. The van der Waals surface area contributed by atoms with Crippen molar-refractivity contribution < 1.29 is 24.6 Å². The van der Waals surface area contributed by atoms with Gasteiger partial charge in [-0.05, 0) is 38.6 Å². The van der Waals surface area contributed by atoms with Crippen LogP contribution in [0.25, 0.3) is 0 Å². The number of carboxylic acids is 1.